The molecule has 1 aromatic heterocycles. The van der Waals surface area contributed by atoms with Crippen molar-refractivity contribution in [3.8, 4) is 0 Å². The Kier molecular flexibility index (Phi) is 5.47. The Balaban J connectivity index is 1.74. The van der Waals surface area contributed by atoms with Crippen molar-refractivity contribution in [2.24, 2.45) is 0 Å². The molecule has 0 spiro atoms. The van der Waals surface area contributed by atoms with E-state index in [4.69, 9.17) is 4.42 Å². The van der Waals surface area contributed by atoms with E-state index in [1.165, 1.54) is 0 Å². The van der Waals surface area contributed by atoms with Crippen molar-refractivity contribution >= 4 is 6.03 Å². The SMILES string of the molecule is CCN(CC)C1CCN(C(=O)NCc2ccco2)CC1. The summed E-state index contributed by atoms with van der Waals surface area (Å²) >= 11 is 0. The molecule has 1 N–H and O–H groups in total. The first kappa shape index (κ1) is 14.9. The summed E-state index contributed by atoms with van der Waals surface area (Å²) < 4.78 is 5.21. The van der Waals surface area contributed by atoms with Gasteiger partial charge in [0.05, 0.1) is 12.8 Å². The molecule has 1 saturated heterocycles. The van der Waals surface area contributed by atoms with Crippen LogP contribution >= 0.6 is 0 Å². The predicted octanol–water partition coefficient (Wildman–Crippen LogP) is 2.30. The van der Waals surface area contributed by atoms with Gasteiger partial charge >= 0.3 is 6.03 Å². The standard InChI is InChI=1S/C15H25N3O2/c1-3-17(4-2)13-7-9-18(10-8-13)15(19)16-12-14-6-5-11-20-14/h5-6,11,13H,3-4,7-10,12H2,1-2H3,(H,16,19). The highest BCUT2D eigenvalue weighted by Crippen LogP contribution is 2.16. The maximum absolute atomic E-state index is 12.1. The first-order chi connectivity index (χ1) is 9.74. The van der Waals surface area contributed by atoms with E-state index in [-0.39, 0.29) is 6.03 Å². The van der Waals surface area contributed by atoms with Gasteiger partial charge in [-0.2, -0.15) is 0 Å². The smallest absolute Gasteiger partial charge is 0.317 e. The number of nitrogens with zero attached hydrogens (tertiary/aromatic N) is 2. The van der Waals surface area contributed by atoms with Crippen molar-refractivity contribution in [3.05, 3.63) is 24.2 Å². The fourth-order valence-electron chi connectivity index (χ4n) is 2.86. The molecule has 5 heteroatoms. The van der Waals surface area contributed by atoms with E-state index in [0.29, 0.717) is 12.6 Å². The largest absolute Gasteiger partial charge is 0.467 e. The molecule has 0 atom stereocenters. The number of amides is 2. The average Bonchev–Trinajstić information content (AvgIpc) is 3.00. The number of nitrogens with one attached hydrogen (secondary N) is 1. The topological polar surface area (TPSA) is 48.7 Å². The molecular weight excluding hydrogens is 254 g/mol. The quantitative estimate of drug-likeness (QED) is 0.899. The first-order valence-corrected chi connectivity index (χ1v) is 7.53. The normalized spacial score (nSPS) is 16.6. The van der Waals surface area contributed by atoms with Gasteiger partial charge in [0.25, 0.3) is 0 Å². The second-order valence-corrected chi connectivity index (χ2v) is 5.18. The molecule has 2 amide bonds. The molecule has 0 saturated carbocycles. The molecule has 1 aromatic rings. The maximum atomic E-state index is 12.1. The molecule has 20 heavy (non-hydrogen) atoms. The minimum atomic E-state index is 0.0133. The van der Waals surface area contributed by atoms with Gasteiger partial charge in [-0.15, -0.1) is 0 Å². The average molecular weight is 279 g/mol. The van der Waals surface area contributed by atoms with Crippen molar-refractivity contribution in [2.45, 2.75) is 39.3 Å². The maximum Gasteiger partial charge on any atom is 0.317 e. The molecule has 0 radical (unpaired) electrons. The van der Waals surface area contributed by atoms with E-state index in [2.05, 4.69) is 24.1 Å². The van der Waals surface area contributed by atoms with Crippen LogP contribution in [0.25, 0.3) is 0 Å². The third-order valence-electron chi connectivity index (χ3n) is 4.07. The van der Waals surface area contributed by atoms with Gasteiger partial charge in [0.2, 0.25) is 0 Å². The van der Waals surface area contributed by atoms with Gasteiger partial charge in [-0.05, 0) is 38.1 Å². The van der Waals surface area contributed by atoms with E-state index in [0.717, 1.165) is 44.8 Å². The van der Waals surface area contributed by atoms with Crippen molar-refractivity contribution < 1.29 is 9.21 Å². The minimum absolute atomic E-state index is 0.0133. The summed E-state index contributed by atoms with van der Waals surface area (Å²) in [5.41, 5.74) is 0. The van der Waals surface area contributed by atoms with Crippen LogP contribution in [-0.4, -0.2) is 48.1 Å². The van der Waals surface area contributed by atoms with Gasteiger partial charge in [-0.3, -0.25) is 0 Å². The number of rotatable bonds is 5. The second kappa shape index (κ2) is 7.33. The monoisotopic (exact) mass is 279 g/mol. The fraction of sp³-hybridized carbons (Fsp3) is 0.667. The van der Waals surface area contributed by atoms with Gasteiger partial charge in [0.1, 0.15) is 5.76 Å². The van der Waals surface area contributed by atoms with Gasteiger partial charge in [-0.1, -0.05) is 13.8 Å². The zero-order valence-electron chi connectivity index (χ0n) is 12.5. The molecule has 0 aliphatic carbocycles. The molecule has 1 fully saturated rings. The highest BCUT2D eigenvalue weighted by Gasteiger charge is 2.25. The number of urea groups is 1. The Morgan fingerprint density at radius 1 is 1.40 bits per heavy atom. The summed E-state index contributed by atoms with van der Waals surface area (Å²) in [5, 5.41) is 2.91. The number of furan rings is 1. The molecule has 1 aliphatic rings. The lowest BCUT2D eigenvalue weighted by Crippen LogP contribution is -2.49. The molecule has 0 aromatic carbocycles. The molecule has 0 unspecified atom stereocenters. The number of hydrogen-bond acceptors (Lipinski definition) is 3. The summed E-state index contributed by atoms with van der Waals surface area (Å²) in [7, 11) is 0. The Morgan fingerprint density at radius 3 is 2.65 bits per heavy atom. The van der Waals surface area contributed by atoms with E-state index < -0.39 is 0 Å². The zero-order valence-corrected chi connectivity index (χ0v) is 12.5. The van der Waals surface area contributed by atoms with Crippen LogP contribution in [0.1, 0.15) is 32.4 Å². The van der Waals surface area contributed by atoms with Crippen LogP contribution in [0.2, 0.25) is 0 Å². The molecular formula is C15H25N3O2. The second-order valence-electron chi connectivity index (χ2n) is 5.18. The van der Waals surface area contributed by atoms with Crippen molar-refractivity contribution in [2.75, 3.05) is 26.2 Å². The summed E-state index contributed by atoms with van der Waals surface area (Å²) in [6, 6.07) is 4.34. The third-order valence-corrected chi connectivity index (χ3v) is 4.07. The van der Waals surface area contributed by atoms with Gasteiger partial charge in [0, 0.05) is 19.1 Å². The van der Waals surface area contributed by atoms with Gasteiger partial charge < -0.3 is 19.5 Å². The highest BCUT2D eigenvalue weighted by atomic mass is 16.3. The Bertz CT molecular complexity index is 393. The summed E-state index contributed by atoms with van der Waals surface area (Å²) in [5.74, 6) is 0.788. The summed E-state index contributed by atoms with van der Waals surface area (Å²) in [6.07, 6.45) is 3.75. The number of piperidine rings is 1. The van der Waals surface area contributed by atoms with Crippen LogP contribution < -0.4 is 5.32 Å². The first-order valence-electron chi connectivity index (χ1n) is 7.53. The van der Waals surface area contributed by atoms with Crippen LogP contribution in [0.4, 0.5) is 4.79 Å². The van der Waals surface area contributed by atoms with E-state index in [9.17, 15) is 4.79 Å². The zero-order chi connectivity index (χ0) is 14.4. The Morgan fingerprint density at radius 2 is 2.10 bits per heavy atom. The minimum Gasteiger partial charge on any atom is -0.467 e. The number of carbonyl (C=O) groups is 1. The molecule has 2 heterocycles. The number of carbonyl (C=O) groups excluding carboxylic acids is 1. The predicted molar refractivity (Wildman–Crippen MR) is 78.5 cm³/mol. The molecule has 112 valence electrons. The van der Waals surface area contributed by atoms with Crippen LogP contribution in [0.15, 0.2) is 22.8 Å². The van der Waals surface area contributed by atoms with E-state index in [1.54, 1.807) is 6.26 Å². The van der Waals surface area contributed by atoms with Crippen molar-refractivity contribution in [1.29, 1.82) is 0 Å². The Labute approximate surface area is 120 Å². The molecule has 5 nitrogen and oxygen atoms in total. The lowest BCUT2D eigenvalue weighted by molar-refractivity contribution is 0.124. The Hall–Kier alpha value is -1.49. The van der Waals surface area contributed by atoms with Gasteiger partial charge in [-0.25, -0.2) is 4.79 Å². The van der Waals surface area contributed by atoms with E-state index >= 15 is 0 Å². The number of hydrogen-bond donors (Lipinski definition) is 1. The lowest BCUT2D eigenvalue weighted by Gasteiger charge is -2.37. The van der Waals surface area contributed by atoms with Crippen LogP contribution in [-0.2, 0) is 6.54 Å². The van der Waals surface area contributed by atoms with Crippen LogP contribution in [0.5, 0.6) is 0 Å². The van der Waals surface area contributed by atoms with Crippen LogP contribution in [0.3, 0.4) is 0 Å². The molecule has 1 aliphatic heterocycles. The summed E-state index contributed by atoms with van der Waals surface area (Å²) in [6.45, 7) is 8.72. The molecule has 2 rings (SSSR count). The van der Waals surface area contributed by atoms with Crippen molar-refractivity contribution in [1.82, 2.24) is 15.1 Å². The fourth-order valence-corrected chi connectivity index (χ4v) is 2.86. The third kappa shape index (κ3) is 3.76. The molecule has 0 bridgehead atoms. The summed E-state index contributed by atoms with van der Waals surface area (Å²) in [4.78, 5) is 16.5. The van der Waals surface area contributed by atoms with Crippen LogP contribution in [0, 0.1) is 0 Å². The lowest BCUT2D eigenvalue weighted by atomic mass is 10.0. The number of likely N-dealkylation sites (tertiary alicyclic amines) is 1. The van der Waals surface area contributed by atoms with E-state index in [1.807, 2.05) is 17.0 Å². The van der Waals surface area contributed by atoms with Gasteiger partial charge in [0.15, 0.2) is 0 Å². The highest BCUT2D eigenvalue weighted by molar-refractivity contribution is 5.74. The van der Waals surface area contributed by atoms with Crippen molar-refractivity contribution in [3.63, 3.8) is 0 Å².